The second-order valence-electron chi connectivity index (χ2n) is 16.2. The molecule has 2 aliphatic heterocycles. The smallest absolute Gasteiger partial charge is 0.0132 e. The van der Waals surface area contributed by atoms with Gasteiger partial charge in [-0.3, -0.25) is 0 Å². The molecule has 194 valence electrons. The van der Waals surface area contributed by atoms with Crippen molar-refractivity contribution in [2.24, 2.45) is 45.3 Å². The van der Waals surface area contributed by atoms with Gasteiger partial charge in [-0.1, -0.05) is 61.8 Å². The Balaban J connectivity index is 1.76. The first-order chi connectivity index (χ1) is 14.9. The van der Waals surface area contributed by atoms with Gasteiger partial charge in [-0.2, -0.15) is 0 Å². The van der Waals surface area contributed by atoms with E-state index in [0.717, 1.165) is 36.8 Å². The lowest BCUT2D eigenvalue weighted by Gasteiger charge is -2.60. The summed E-state index contributed by atoms with van der Waals surface area (Å²) in [5, 5.41) is 7.68. The Morgan fingerprint density at radius 3 is 1.52 bits per heavy atom. The Bertz CT molecular complexity index is 645. The summed E-state index contributed by atoms with van der Waals surface area (Å²) in [5.41, 5.74) is 2.06. The van der Waals surface area contributed by atoms with E-state index < -0.39 is 0 Å². The third-order valence-electron chi connectivity index (χ3n) is 11.1. The third kappa shape index (κ3) is 5.37. The van der Waals surface area contributed by atoms with Gasteiger partial charge in [-0.25, -0.2) is 0 Å². The summed E-state index contributed by atoms with van der Waals surface area (Å²) in [5.74, 6) is 3.32. The fourth-order valence-corrected chi connectivity index (χ4v) is 10.4. The predicted molar refractivity (Wildman–Crippen MR) is 146 cm³/mol. The van der Waals surface area contributed by atoms with Crippen LogP contribution >= 0.6 is 0 Å². The Hall–Kier alpha value is -0.0800. The number of nitrogens with one attached hydrogen (secondary N) is 2. The molecule has 0 aromatic rings. The Kier molecular flexibility index (Phi) is 7.33. The molecule has 33 heavy (non-hydrogen) atoms. The second kappa shape index (κ2) is 8.79. The lowest BCUT2D eigenvalue weighted by molar-refractivity contribution is -0.0970. The van der Waals surface area contributed by atoms with Crippen molar-refractivity contribution in [2.75, 3.05) is 13.1 Å². The summed E-state index contributed by atoms with van der Waals surface area (Å²) in [6.07, 6.45) is 9.72. The highest BCUT2D eigenvalue weighted by atomic mass is 15.0. The topological polar surface area (TPSA) is 24.1 Å². The van der Waals surface area contributed by atoms with E-state index in [-0.39, 0.29) is 11.1 Å². The van der Waals surface area contributed by atoms with Crippen LogP contribution in [0.4, 0.5) is 0 Å². The molecule has 1 atom stereocenters. The maximum absolute atomic E-state index is 3.93. The van der Waals surface area contributed by atoms with Crippen LogP contribution in [0.25, 0.3) is 0 Å². The van der Waals surface area contributed by atoms with Crippen LogP contribution in [-0.2, 0) is 0 Å². The maximum Gasteiger partial charge on any atom is 0.0132 e. The van der Waals surface area contributed by atoms with Crippen molar-refractivity contribution < 1.29 is 0 Å². The van der Waals surface area contributed by atoms with Crippen LogP contribution < -0.4 is 10.6 Å². The van der Waals surface area contributed by atoms with Gasteiger partial charge in [0.15, 0.2) is 0 Å². The summed E-state index contributed by atoms with van der Waals surface area (Å²) in [7, 11) is 0. The van der Waals surface area contributed by atoms with E-state index >= 15 is 0 Å². The van der Waals surface area contributed by atoms with Gasteiger partial charge in [0.2, 0.25) is 0 Å². The van der Waals surface area contributed by atoms with Crippen LogP contribution in [0.3, 0.4) is 0 Å². The van der Waals surface area contributed by atoms with Gasteiger partial charge in [0, 0.05) is 24.2 Å². The zero-order valence-corrected chi connectivity index (χ0v) is 24.7. The van der Waals surface area contributed by atoms with Gasteiger partial charge < -0.3 is 10.6 Å². The largest absolute Gasteiger partial charge is 0.316 e. The molecule has 0 amide bonds. The summed E-state index contributed by atoms with van der Waals surface area (Å²) < 4.78 is 0. The van der Waals surface area contributed by atoms with Crippen LogP contribution in [0.15, 0.2) is 0 Å². The van der Waals surface area contributed by atoms with Crippen molar-refractivity contribution in [3.8, 4) is 0 Å². The Morgan fingerprint density at radius 2 is 1.09 bits per heavy atom. The summed E-state index contributed by atoms with van der Waals surface area (Å²) in [6, 6.07) is 0. The quantitative estimate of drug-likeness (QED) is 0.433. The van der Waals surface area contributed by atoms with E-state index in [1.54, 1.807) is 0 Å². The first kappa shape index (κ1) is 27.5. The zero-order valence-electron chi connectivity index (χ0n) is 24.7. The molecule has 2 nitrogen and oxygen atoms in total. The first-order valence-electron chi connectivity index (χ1n) is 14.4. The number of rotatable bonds is 5. The highest BCUT2D eigenvalue weighted by Gasteiger charge is 2.55. The average molecular weight is 461 g/mol. The molecule has 0 spiro atoms. The van der Waals surface area contributed by atoms with Gasteiger partial charge in [-0.15, -0.1) is 0 Å². The molecule has 2 N–H and O–H groups in total. The van der Waals surface area contributed by atoms with Crippen LogP contribution in [0.2, 0.25) is 0 Å². The minimum atomic E-state index is 0.244. The lowest BCUT2D eigenvalue weighted by atomic mass is 9.47. The molecule has 0 aromatic carbocycles. The first-order valence-corrected chi connectivity index (χ1v) is 14.4. The monoisotopic (exact) mass is 460 g/mol. The molecule has 1 unspecified atom stereocenters. The molecule has 2 heterocycles. The molecule has 1 saturated carbocycles. The van der Waals surface area contributed by atoms with E-state index in [4.69, 9.17) is 0 Å². The van der Waals surface area contributed by atoms with Crippen molar-refractivity contribution in [1.29, 1.82) is 0 Å². The van der Waals surface area contributed by atoms with Gasteiger partial charge in [-0.05, 0) is 112 Å². The molecule has 1 aliphatic carbocycles. The van der Waals surface area contributed by atoms with Gasteiger partial charge in [0.05, 0.1) is 0 Å². The molecule has 3 aliphatic rings. The number of hydrogen-bond donors (Lipinski definition) is 2. The Morgan fingerprint density at radius 1 is 0.667 bits per heavy atom. The molecule has 2 saturated heterocycles. The standard InChI is InChI=1S/C31H60N2/c1-13-31(12,24-18-28(6,7)33-29(8,9)19-24)23-16-14-22(15-17-23)30(10,11)25-26(2,3)20-32-21-27(25,4)5/h22-25,32-33H,13-21H2,1-12H3. The predicted octanol–water partition coefficient (Wildman–Crippen LogP) is 8.06. The molecule has 0 radical (unpaired) electrons. The SMILES string of the molecule is CCC(C)(C1CCC(C(C)(C)C2C(C)(C)CNCC2(C)C)CC1)C1CC(C)(C)NC(C)(C)C1. The van der Waals surface area contributed by atoms with E-state index in [1.807, 2.05) is 0 Å². The minimum Gasteiger partial charge on any atom is -0.316 e. The lowest BCUT2D eigenvalue weighted by Crippen LogP contribution is -2.61. The molecule has 0 bridgehead atoms. The normalized spacial score (nSPS) is 34.5. The molecular weight excluding hydrogens is 400 g/mol. The molecule has 3 fully saturated rings. The third-order valence-corrected chi connectivity index (χ3v) is 11.1. The summed E-state index contributed by atoms with van der Waals surface area (Å²) >= 11 is 0. The molecular formula is C31H60N2. The van der Waals surface area contributed by atoms with Crippen LogP contribution in [0, 0.1) is 45.3 Å². The van der Waals surface area contributed by atoms with E-state index in [0.29, 0.717) is 21.7 Å². The Labute approximate surface area is 208 Å². The van der Waals surface area contributed by atoms with E-state index in [2.05, 4.69) is 93.7 Å². The van der Waals surface area contributed by atoms with Gasteiger partial charge in [0.25, 0.3) is 0 Å². The van der Waals surface area contributed by atoms with Crippen molar-refractivity contribution in [3.63, 3.8) is 0 Å². The van der Waals surface area contributed by atoms with E-state index in [1.165, 1.54) is 44.9 Å². The van der Waals surface area contributed by atoms with Crippen LogP contribution in [0.5, 0.6) is 0 Å². The average Bonchev–Trinajstić information content (AvgIpc) is 2.63. The molecule has 3 rings (SSSR count). The summed E-state index contributed by atoms with van der Waals surface area (Å²) in [4.78, 5) is 0. The van der Waals surface area contributed by atoms with Gasteiger partial charge in [0.1, 0.15) is 0 Å². The highest BCUT2D eigenvalue weighted by Crippen LogP contribution is 2.60. The number of piperidine rings is 2. The van der Waals surface area contributed by atoms with Crippen molar-refractivity contribution in [1.82, 2.24) is 10.6 Å². The van der Waals surface area contributed by atoms with Crippen molar-refractivity contribution >= 4 is 0 Å². The van der Waals surface area contributed by atoms with E-state index in [9.17, 15) is 0 Å². The fraction of sp³-hybridized carbons (Fsp3) is 1.00. The van der Waals surface area contributed by atoms with Crippen LogP contribution in [0.1, 0.15) is 128 Å². The minimum absolute atomic E-state index is 0.244. The summed E-state index contributed by atoms with van der Waals surface area (Å²) in [6.45, 7) is 32.5. The highest BCUT2D eigenvalue weighted by molar-refractivity contribution is 5.06. The maximum atomic E-state index is 3.93. The second-order valence-corrected chi connectivity index (χ2v) is 16.2. The van der Waals surface area contributed by atoms with Crippen molar-refractivity contribution in [3.05, 3.63) is 0 Å². The zero-order chi connectivity index (χ0) is 25.1. The van der Waals surface area contributed by atoms with Gasteiger partial charge >= 0.3 is 0 Å². The molecule has 2 heteroatoms. The molecule has 0 aromatic heterocycles. The fourth-order valence-electron chi connectivity index (χ4n) is 10.4. The van der Waals surface area contributed by atoms with Crippen molar-refractivity contribution in [2.45, 2.75) is 139 Å². The number of hydrogen-bond acceptors (Lipinski definition) is 2. The van der Waals surface area contributed by atoms with Crippen LogP contribution in [-0.4, -0.2) is 24.2 Å².